The molecule has 0 bridgehead atoms. The lowest BCUT2D eigenvalue weighted by molar-refractivity contribution is -0.600. The van der Waals surface area contributed by atoms with Gasteiger partial charge < -0.3 is 5.11 Å². The van der Waals surface area contributed by atoms with E-state index in [-0.39, 0.29) is 11.3 Å². The molecule has 3 aromatic rings. The number of hydrogen-bond donors (Lipinski definition) is 1. The fourth-order valence-corrected chi connectivity index (χ4v) is 4.52. The normalized spacial score (nSPS) is 10.8. The summed E-state index contributed by atoms with van der Waals surface area (Å²) < 4.78 is 3.12. The minimum absolute atomic E-state index is 0.0767. The molecule has 0 saturated heterocycles. The van der Waals surface area contributed by atoms with E-state index in [0.29, 0.717) is 14.6 Å². The maximum Gasteiger partial charge on any atom is 0.368 e. The molecule has 0 fully saturated rings. The molecule has 0 radical (unpaired) electrons. The number of benzene rings is 1. The van der Waals surface area contributed by atoms with E-state index in [9.17, 15) is 9.90 Å². The van der Waals surface area contributed by atoms with E-state index in [1.807, 2.05) is 30.3 Å². The topological polar surface area (TPSA) is 55.1 Å². The highest BCUT2D eigenvalue weighted by atomic mass is 127. The van der Waals surface area contributed by atoms with Gasteiger partial charge in [-0.25, -0.2) is 4.98 Å². The van der Waals surface area contributed by atoms with Crippen molar-refractivity contribution in [2.24, 2.45) is 7.05 Å². The second-order valence-corrected chi connectivity index (χ2v) is 7.16. The number of aromatic hydroxyl groups is 1. The van der Waals surface area contributed by atoms with Crippen molar-refractivity contribution in [2.45, 2.75) is 0 Å². The number of nitrogens with zero attached hydrogens (tertiary/aromatic N) is 2. The van der Waals surface area contributed by atoms with E-state index in [1.165, 1.54) is 4.57 Å². The summed E-state index contributed by atoms with van der Waals surface area (Å²) in [6, 6.07) is 13.3. The summed E-state index contributed by atoms with van der Waals surface area (Å²) in [4.78, 5) is 16.6. The van der Waals surface area contributed by atoms with Gasteiger partial charge in [-0.2, -0.15) is 0 Å². The summed E-state index contributed by atoms with van der Waals surface area (Å²) in [5, 5.41) is 11.0. The molecule has 1 N–H and O–H groups in total. The molecule has 0 aliphatic rings. The Morgan fingerprint density at radius 1 is 1.15 bits per heavy atom. The Hall–Kier alpha value is -1.89. The number of rotatable bonds is 2. The Morgan fingerprint density at radius 2 is 1.90 bits per heavy atom. The standard InChI is InChI=1S/C15H11IN2O2/c1-18-14-11(8-5-9-17-14)13(19)12(15(18)20)16-10-6-3-2-4-7-10/h2-9H,1H3/p+1. The summed E-state index contributed by atoms with van der Waals surface area (Å²) in [5.74, 6) is 0.0767. The van der Waals surface area contributed by atoms with Crippen LogP contribution in [0.5, 0.6) is 5.75 Å². The zero-order valence-electron chi connectivity index (χ0n) is 10.7. The van der Waals surface area contributed by atoms with Gasteiger partial charge in [0, 0.05) is 13.2 Å². The van der Waals surface area contributed by atoms with Crippen molar-refractivity contribution in [1.29, 1.82) is 0 Å². The second kappa shape index (κ2) is 5.24. The van der Waals surface area contributed by atoms with E-state index in [0.717, 1.165) is 3.57 Å². The van der Waals surface area contributed by atoms with Crippen molar-refractivity contribution in [3.8, 4) is 5.75 Å². The van der Waals surface area contributed by atoms with Crippen LogP contribution in [0.3, 0.4) is 0 Å². The van der Waals surface area contributed by atoms with Gasteiger partial charge in [0.1, 0.15) is 5.65 Å². The molecule has 3 rings (SSSR count). The first-order chi connectivity index (χ1) is 9.68. The van der Waals surface area contributed by atoms with Gasteiger partial charge in [-0.15, -0.1) is 0 Å². The molecule has 0 atom stereocenters. The molecule has 4 nitrogen and oxygen atoms in total. The Balaban J connectivity index is 2.23. The first-order valence-electron chi connectivity index (χ1n) is 6.05. The lowest BCUT2D eigenvalue weighted by Gasteiger charge is -2.04. The molecule has 0 unspecified atom stereocenters. The van der Waals surface area contributed by atoms with E-state index in [4.69, 9.17) is 0 Å². The summed E-state index contributed by atoms with van der Waals surface area (Å²) in [5.41, 5.74) is 0.348. The lowest BCUT2D eigenvalue weighted by Crippen LogP contribution is -3.62. The summed E-state index contributed by atoms with van der Waals surface area (Å²) in [6.07, 6.45) is 1.62. The number of fused-ring (bicyclic) bond motifs is 1. The van der Waals surface area contributed by atoms with Crippen LogP contribution in [-0.2, 0) is 7.05 Å². The largest absolute Gasteiger partial charge is 0.503 e. The molecule has 20 heavy (non-hydrogen) atoms. The summed E-state index contributed by atoms with van der Waals surface area (Å²) >= 11 is -0.717. The third-order valence-electron chi connectivity index (χ3n) is 3.00. The average molecular weight is 379 g/mol. The van der Waals surface area contributed by atoms with Crippen LogP contribution in [0.1, 0.15) is 0 Å². The first kappa shape index (κ1) is 13.1. The number of pyridine rings is 2. The molecule has 0 amide bonds. The van der Waals surface area contributed by atoms with Crippen molar-refractivity contribution >= 4 is 11.0 Å². The second-order valence-electron chi connectivity index (χ2n) is 4.29. The number of aromatic nitrogens is 2. The monoisotopic (exact) mass is 379 g/mol. The fourth-order valence-electron chi connectivity index (χ4n) is 1.98. The predicted molar refractivity (Wildman–Crippen MR) is 72.5 cm³/mol. The Bertz CT molecular complexity index is 828. The summed E-state index contributed by atoms with van der Waals surface area (Å²) in [7, 11) is 1.69. The molecule has 0 saturated carbocycles. The highest BCUT2D eigenvalue weighted by Gasteiger charge is 2.28. The SMILES string of the molecule is Cn1c(=O)c([I+]c2ccccc2)c(O)c2cccnc21. The zero-order chi connectivity index (χ0) is 14.1. The zero-order valence-corrected chi connectivity index (χ0v) is 12.9. The van der Waals surface area contributed by atoms with Crippen LogP contribution in [0.15, 0.2) is 53.5 Å². The number of hydrogen-bond acceptors (Lipinski definition) is 3. The van der Waals surface area contributed by atoms with Crippen LogP contribution in [-0.4, -0.2) is 14.7 Å². The predicted octanol–water partition coefficient (Wildman–Crippen LogP) is -1.23. The van der Waals surface area contributed by atoms with Crippen molar-refractivity contribution in [1.82, 2.24) is 9.55 Å². The molecule has 0 aliphatic carbocycles. The maximum atomic E-state index is 12.4. The van der Waals surface area contributed by atoms with Crippen molar-refractivity contribution in [2.75, 3.05) is 0 Å². The van der Waals surface area contributed by atoms with Crippen molar-refractivity contribution in [3.05, 3.63) is 66.2 Å². The Morgan fingerprint density at radius 3 is 2.65 bits per heavy atom. The lowest BCUT2D eigenvalue weighted by atomic mass is 10.2. The Kier molecular flexibility index (Phi) is 3.43. The highest BCUT2D eigenvalue weighted by molar-refractivity contribution is 5.81. The van der Waals surface area contributed by atoms with E-state index in [2.05, 4.69) is 4.98 Å². The third-order valence-corrected chi connectivity index (χ3v) is 5.85. The first-order valence-corrected chi connectivity index (χ1v) is 8.21. The van der Waals surface area contributed by atoms with Gasteiger partial charge in [0.25, 0.3) is 0 Å². The molecule has 2 aromatic heterocycles. The average Bonchev–Trinajstić information content (AvgIpc) is 2.50. The smallest absolute Gasteiger partial charge is 0.368 e. The van der Waals surface area contributed by atoms with Crippen LogP contribution < -0.4 is 26.8 Å². The van der Waals surface area contributed by atoms with Gasteiger partial charge in [0.2, 0.25) is 0 Å². The molecule has 100 valence electrons. The quantitative estimate of drug-likeness (QED) is 0.568. The van der Waals surface area contributed by atoms with Crippen LogP contribution in [0, 0.1) is 7.14 Å². The molecule has 5 heteroatoms. The third kappa shape index (κ3) is 2.18. The maximum absolute atomic E-state index is 12.4. The fraction of sp³-hybridized carbons (Fsp3) is 0.0667. The molecular weight excluding hydrogens is 367 g/mol. The van der Waals surface area contributed by atoms with Gasteiger partial charge in [-0.3, -0.25) is 9.36 Å². The van der Waals surface area contributed by atoms with Crippen molar-refractivity contribution in [3.63, 3.8) is 0 Å². The number of halogens is 1. The number of aryl methyl sites for hydroxylation is 1. The van der Waals surface area contributed by atoms with Gasteiger partial charge in [-0.05, 0) is 24.3 Å². The van der Waals surface area contributed by atoms with Crippen molar-refractivity contribution < 1.29 is 26.3 Å². The molecular formula is C15H12IN2O2+. The van der Waals surface area contributed by atoms with E-state index in [1.54, 1.807) is 25.4 Å². The molecule has 0 aliphatic heterocycles. The van der Waals surface area contributed by atoms with E-state index >= 15 is 0 Å². The minimum Gasteiger partial charge on any atom is -0.503 e. The Labute approximate surface area is 126 Å². The molecule has 1 aromatic carbocycles. The van der Waals surface area contributed by atoms with Gasteiger partial charge in [0.05, 0.1) is 5.39 Å². The van der Waals surface area contributed by atoms with Crippen LogP contribution in [0.25, 0.3) is 11.0 Å². The van der Waals surface area contributed by atoms with Gasteiger partial charge >= 0.3 is 30.3 Å². The molecule has 0 spiro atoms. The van der Waals surface area contributed by atoms with E-state index < -0.39 is 21.2 Å². The highest BCUT2D eigenvalue weighted by Crippen LogP contribution is 2.19. The molecule has 2 heterocycles. The van der Waals surface area contributed by atoms with Crippen LogP contribution >= 0.6 is 0 Å². The van der Waals surface area contributed by atoms with Gasteiger partial charge in [0.15, 0.2) is 9.32 Å². The minimum atomic E-state index is -0.717. The van der Waals surface area contributed by atoms with Crippen LogP contribution in [0.4, 0.5) is 0 Å². The van der Waals surface area contributed by atoms with Crippen LogP contribution in [0.2, 0.25) is 0 Å². The van der Waals surface area contributed by atoms with Gasteiger partial charge in [-0.1, -0.05) is 18.2 Å². The summed E-state index contributed by atoms with van der Waals surface area (Å²) in [6.45, 7) is 0.